The highest BCUT2D eigenvalue weighted by molar-refractivity contribution is 5.89. The van der Waals surface area contributed by atoms with Crippen molar-refractivity contribution in [2.24, 2.45) is 0 Å². The van der Waals surface area contributed by atoms with Crippen molar-refractivity contribution in [2.45, 2.75) is 32.5 Å². The number of hydrogen-bond acceptors (Lipinski definition) is 6. The maximum atomic E-state index is 12.1. The van der Waals surface area contributed by atoms with Gasteiger partial charge in [0.1, 0.15) is 5.60 Å². The molecule has 0 saturated carbocycles. The minimum atomic E-state index is -0.976. The fourth-order valence-corrected chi connectivity index (χ4v) is 1.98. The number of nitrogens with zero attached hydrogens (tertiary/aromatic N) is 1. The number of aliphatic hydroxyl groups is 2. The van der Waals surface area contributed by atoms with Crippen molar-refractivity contribution in [3.63, 3.8) is 0 Å². The van der Waals surface area contributed by atoms with Crippen LogP contribution in [0.2, 0.25) is 0 Å². The fourth-order valence-electron chi connectivity index (χ4n) is 1.98. The molecule has 0 spiro atoms. The second-order valence-corrected chi connectivity index (χ2v) is 6.28. The predicted molar refractivity (Wildman–Crippen MR) is 87.6 cm³/mol. The van der Waals surface area contributed by atoms with Crippen LogP contribution in [0.4, 0.5) is 4.79 Å². The summed E-state index contributed by atoms with van der Waals surface area (Å²) in [6.45, 7) is 4.99. The van der Waals surface area contributed by atoms with Gasteiger partial charge in [0, 0.05) is 6.54 Å². The number of carbonyl (C=O) groups is 2. The molecule has 0 heterocycles. The van der Waals surface area contributed by atoms with Crippen LogP contribution in [0.25, 0.3) is 0 Å². The third kappa shape index (κ3) is 6.17. The van der Waals surface area contributed by atoms with Gasteiger partial charge in [-0.3, -0.25) is 0 Å². The van der Waals surface area contributed by atoms with Crippen LogP contribution in [-0.4, -0.2) is 59.6 Å². The van der Waals surface area contributed by atoms with Crippen LogP contribution in [0.15, 0.2) is 24.3 Å². The summed E-state index contributed by atoms with van der Waals surface area (Å²) in [4.78, 5) is 24.8. The number of ether oxygens (including phenoxy) is 2. The summed E-state index contributed by atoms with van der Waals surface area (Å²) >= 11 is 0. The van der Waals surface area contributed by atoms with E-state index in [4.69, 9.17) is 9.84 Å². The maximum absolute atomic E-state index is 12.1. The topological polar surface area (TPSA) is 96.3 Å². The molecule has 1 rings (SSSR count). The Hall–Kier alpha value is -2.12. The van der Waals surface area contributed by atoms with Gasteiger partial charge < -0.3 is 24.6 Å². The van der Waals surface area contributed by atoms with Crippen LogP contribution in [0.1, 0.15) is 42.8 Å². The molecule has 0 aliphatic rings. The van der Waals surface area contributed by atoms with E-state index in [-0.39, 0.29) is 19.7 Å². The molecule has 24 heavy (non-hydrogen) atoms. The molecule has 7 nitrogen and oxygen atoms in total. The molecule has 134 valence electrons. The Morgan fingerprint density at radius 3 is 2.25 bits per heavy atom. The van der Waals surface area contributed by atoms with E-state index in [1.807, 2.05) is 0 Å². The first kappa shape index (κ1) is 19.9. The normalized spacial score (nSPS) is 12.4. The van der Waals surface area contributed by atoms with Gasteiger partial charge in [0.15, 0.2) is 0 Å². The molecule has 0 aliphatic heterocycles. The van der Waals surface area contributed by atoms with E-state index < -0.39 is 23.8 Å². The van der Waals surface area contributed by atoms with E-state index in [1.165, 1.54) is 24.1 Å². The lowest BCUT2D eigenvalue weighted by Crippen LogP contribution is -2.40. The molecular formula is C17H25NO6. The number of esters is 1. The third-order valence-corrected chi connectivity index (χ3v) is 3.13. The van der Waals surface area contributed by atoms with Gasteiger partial charge in [-0.15, -0.1) is 0 Å². The van der Waals surface area contributed by atoms with Crippen molar-refractivity contribution in [3.05, 3.63) is 35.4 Å². The quantitative estimate of drug-likeness (QED) is 0.766. The standard InChI is InChI=1S/C17H25NO6/c1-17(2,3)24-16(22)18(9-10-19)11-14(20)12-5-7-13(8-6-12)15(21)23-4/h5-8,14,19-20H,9-11H2,1-4H3/t14-/m0/s1. The first-order valence-electron chi connectivity index (χ1n) is 7.63. The molecule has 0 fully saturated rings. The Bertz CT molecular complexity index is 549. The Balaban J connectivity index is 2.79. The molecule has 7 heteroatoms. The van der Waals surface area contributed by atoms with Crippen LogP contribution in [0.5, 0.6) is 0 Å². The van der Waals surface area contributed by atoms with E-state index in [2.05, 4.69) is 4.74 Å². The molecule has 2 N–H and O–H groups in total. The monoisotopic (exact) mass is 339 g/mol. The number of rotatable bonds is 6. The van der Waals surface area contributed by atoms with Crippen LogP contribution >= 0.6 is 0 Å². The SMILES string of the molecule is COC(=O)c1ccc([C@@H](O)CN(CCO)C(=O)OC(C)(C)C)cc1. The first-order chi connectivity index (χ1) is 11.2. The third-order valence-electron chi connectivity index (χ3n) is 3.13. The predicted octanol–water partition coefficient (Wildman–Crippen LogP) is 1.74. The molecular weight excluding hydrogens is 314 g/mol. The number of amides is 1. The average molecular weight is 339 g/mol. The Morgan fingerprint density at radius 2 is 1.79 bits per heavy atom. The number of carbonyl (C=O) groups excluding carboxylic acids is 2. The molecule has 0 aliphatic carbocycles. The lowest BCUT2D eigenvalue weighted by molar-refractivity contribution is 0.0109. The lowest BCUT2D eigenvalue weighted by atomic mass is 10.1. The molecule has 0 aromatic heterocycles. The first-order valence-corrected chi connectivity index (χ1v) is 7.63. The van der Waals surface area contributed by atoms with Crippen molar-refractivity contribution in [2.75, 3.05) is 26.8 Å². The second kappa shape index (κ2) is 8.65. The van der Waals surface area contributed by atoms with Gasteiger partial charge in [-0.25, -0.2) is 9.59 Å². The van der Waals surface area contributed by atoms with Gasteiger partial charge in [-0.1, -0.05) is 12.1 Å². The van der Waals surface area contributed by atoms with Crippen LogP contribution < -0.4 is 0 Å². The van der Waals surface area contributed by atoms with Crippen molar-refractivity contribution in [3.8, 4) is 0 Å². The van der Waals surface area contributed by atoms with Gasteiger partial charge in [0.25, 0.3) is 0 Å². The highest BCUT2D eigenvalue weighted by Gasteiger charge is 2.24. The van der Waals surface area contributed by atoms with E-state index in [1.54, 1.807) is 32.9 Å². The average Bonchev–Trinajstić information content (AvgIpc) is 2.52. The zero-order valence-corrected chi connectivity index (χ0v) is 14.5. The zero-order chi connectivity index (χ0) is 18.3. The van der Waals surface area contributed by atoms with Gasteiger partial charge >= 0.3 is 12.1 Å². The van der Waals surface area contributed by atoms with Gasteiger partial charge in [0.2, 0.25) is 0 Å². The van der Waals surface area contributed by atoms with Crippen molar-refractivity contribution in [1.82, 2.24) is 4.90 Å². The number of aliphatic hydroxyl groups excluding tert-OH is 2. The minimum Gasteiger partial charge on any atom is -0.465 e. The van der Waals surface area contributed by atoms with E-state index >= 15 is 0 Å². The van der Waals surface area contributed by atoms with E-state index in [0.717, 1.165) is 0 Å². The number of benzene rings is 1. The minimum absolute atomic E-state index is 0.0347. The van der Waals surface area contributed by atoms with Crippen molar-refractivity contribution >= 4 is 12.1 Å². The summed E-state index contributed by atoms with van der Waals surface area (Å²) in [6, 6.07) is 6.24. The van der Waals surface area contributed by atoms with Crippen LogP contribution in [0, 0.1) is 0 Å². The largest absolute Gasteiger partial charge is 0.465 e. The Labute approximate surface area is 141 Å². The Kier molecular flexibility index (Phi) is 7.18. The fraction of sp³-hybridized carbons (Fsp3) is 0.529. The Morgan fingerprint density at radius 1 is 1.21 bits per heavy atom. The lowest BCUT2D eigenvalue weighted by Gasteiger charge is -2.28. The van der Waals surface area contributed by atoms with Crippen LogP contribution in [-0.2, 0) is 9.47 Å². The molecule has 1 atom stereocenters. The van der Waals surface area contributed by atoms with Crippen molar-refractivity contribution in [1.29, 1.82) is 0 Å². The van der Waals surface area contributed by atoms with E-state index in [0.29, 0.717) is 11.1 Å². The van der Waals surface area contributed by atoms with E-state index in [9.17, 15) is 14.7 Å². The summed E-state index contributed by atoms with van der Waals surface area (Å²) < 4.78 is 9.87. The highest BCUT2D eigenvalue weighted by Crippen LogP contribution is 2.17. The molecule has 0 bridgehead atoms. The van der Waals surface area contributed by atoms with Gasteiger partial charge in [0.05, 0.1) is 31.9 Å². The molecule has 1 amide bonds. The summed E-state index contributed by atoms with van der Waals surface area (Å²) in [5.74, 6) is -0.466. The molecule has 0 unspecified atom stereocenters. The van der Waals surface area contributed by atoms with Gasteiger partial charge in [-0.05, 0) is 38.5 Å². The zero-order valence-electron chi connectivity index (χ0n) is 14.5. The molecule has 0 radical (unpaired) electrons. The molecule has 1 aromatic carbocycles. The smallest absolute Gasteiger partial charge is 0.410 e. The number of hydrogen-bond donors (Lipinski definition) is 2. The van der Waals surface area contributed by atoms with Crippen LogP contribution in [0.3, 0.4) is 0 Å². The van der Waals surface area contributed by atoms with Gasteiger partial charge in [-0.2, -0.15) is 0 Å². The second-order valence-electron chi connectivity index (χ2n) is 6.28. The summed E-state index contributed by atoms with van der Waals surface area (Å²) in [5.41, 5.74) is 0.236. The summed E-state index contributed by atoms with van der Waals surface area (Å²) in [7, 11) is 1.29. The summed E-state index contributed by atoms with van der Waals surface area (Å²) in [5, 5.41) is 19.4. The summed E-state index contributed by atoms with van der Waals surface area (Å²) in [6.07, 6.45) is -1.59. The molecule has 0 saturated heterocycles. The van der Waals surface area contributed by atoms with Crippen molar-refractivity contribution < 1.29 is 29.3 Å². The highest BCUT2D eigenvalue weighted by atomic mass is 16.6. The molecule has 1 aromatic rings. The number of methoxy groups -OCH3 is 1. The maximum Gasteiger partial charge on any atom is 0.410 e.